The number of hydrogen-bond acceptors (Lipinski definition) is 9. The molecule has 0 aliphatic heterocycles. The van der Waals surface area contributed by atoms with Crippen LogP contribution in [-0.4, -0.2) is 84.9 Å². The maximum Gasteiger partial charge on any atom is 0.354 e. The lowest BCUT2D eigenvalue weighted by molar-refractivity contribution is -0.143. The number of nitrogens with one attached hydrogen (secondary N) is 2. The van der Waals surface area contributed by atoms with Crippen LogP contribution in [0.4, 0.5) is 0 Å². The van der Waals surface area contributed by atoms with Gasteiger partial charge in [0.1, 0.15) is 23.1 Å². The first-order valence-electron chi connectivity index (χ1n) is 8.67. The number of carboxylic acid groups (broad SMARTS) is 4. The molecule has 3 rings (SSSR count). The summed E-state index contributed by atoms with van der Waals surface area (Å²) in [4.78, 5) is 65.5. The second-order valence-corrected chi connectivity index (χ2v) is 6.70. The quantitative estimate of drug-likeness (QED) is 0.245. The van der Waals surface area contributed by atoms with Crippen LogP contribution in [0.2, 0.25) is 0 Å². The molecule has 0 amide bonds. The fraction of sp³-hybridized carbons (Fsp3) is 0.222. The molecule has 0 saturated carbocycles. The number of aliphatic carboxylic acids is 1. The van der Waals surface area contributed by atoms with E-state index >= 15 is 0 Å². The number of nitrogens with zero attached hydrogens (tertiary/aromatic N) is 1. The number of aromatic nitrogens is 2. The molecule has 2 unspecified atom stereocenters. The summed E-state index contributed by atoms with van der Waals surface area (Å²) in [6.45, 7) is -0.551. The average Bonchev–Trinajstić information content (AvgIpc) is 3.16. The minimum atomic E-state index is -3.03. The molecule has 168 valence electrons. The second kappa shape index (κ2) is 7.84. The summed E-state index contributed by atoms with van der Waals surface area (Å²) < 4.78 is 4.75. The zero-order valence-electron chi connectivity index (χ0n) is 16.1. The lowest BCUT2D eigenvalue weighted by Crippen LogP contribution is -2.58. The summed E-state index contributed by atoms with van der Waals surface area (Å²) in [7, 11) is 1.14. The Bertz CT molecular complexity index is 1190. The van der Waals surface area contributed by atoms with Gasteiger partial charge in [-0.3, -0.25) is 14.9 Å². The number of aromatic carboxylic acids is 3. The molecule has 0 spiro atoms. The number of fused-ring (bicyclic) bond motifs is 3. The Kier molecular flexibility index (Phi) is 5.52. The third-order valence-electron chi connectivity index (χ3n) is 4.70. The Labute approximate surface area is 177 Å². The molecule has 0 radical (unpaired) electrons. The number of hydrogen-bond donors (Lipinski definition) is 7. The molecule has 14 heteroatoms. The molecule has 2 heterocycles. The van der Waals surface area contributed by atoms with Gasteiger partial charge >= 0.3 is 23.9 Å². The van der Waals surface area contributed by atoms with Gasteiger partial charge in [0.2, 0.25) is 11.5 Å². The van der Waals surface area contributed by atoms with Crippen LogP contribution in [0.25, 0.3) is 11.3 Å². The van der Waals surface area contributed by atoms with Crippen LogP contribution in [0.5, 0.6) is 0 Å². The first-order chi connectivity index (χ1) is 14.9. The second-order valence-electron chi connectivity index (χ2n) is 6.70. The Hall–Kier alpha value is -4.14. The van der Waals surface area contributed by atoms with Crippen LogP contribution >= 0.6 is 0 Å². The van der Waals surface area contributed by atoms with Gasteiger partial charge in [-0.25, -0.2) is 19.4 Å². The zero-order valence-corrected chi connectivity index (χ0v) is 16.1. The predicted molar refractivity (Wildman–Crippen MR) is 99.6 cm³/mol. The Morgan fingerprint density at radius 3 is 2.28 bits per heavy atom. The number of carbonyl (C=O) groups excluding carboxylic acids is 1. The van der Waals surface area contributed by atoms with Crippen molar-refractivity contribution >= 4 is 29.7 Å². The molecule has 0 fully saturated rings. The molecule has 0 bridgehead atoms. The van der Waals surface area contributed by atoms with E-state index in [4.69, 9.17) is 4.74 Å². The monoisotopic (exact) mass is 449 g/mol. The SMILES string of the molecule is COCC(NC1(O)C(=O)c2cc(C(=O)O)[nH]c2-c2c(C(=O)O)cc(C(=O)O)nc21)C(=O)O. The number of aliphatic hydroxyl groups is 1. The fourth-order valence-electron chi connectivity index (χ4n) is 3.31. The van der Waals surface area contributed by atoms with E-state index in [1.807, 2.05) is 0 Å². The van der Waals surface area contributed by atoms with Crippen molar-refractivity contribution in [3.63, 3.8) is 0 Å². The molecule has 0 aromatic carbocycles. The van der Waals surface area contributed by atoms with Crippen molar-refractivity contribution in [2.45, 2.75) is 11.8 Å². The van der Waals surface area contributed by atoms with Crippen molar-refractivity contribution < 1.29 is 54.2 Å². The van der Waals surface area contributed by atoms with E-state index in [-0.39, 0.29) is 5.69 Å². The average molecular weight is 449 g/mol. The summed E-state index contributed by atoms with van der Waals surface area (Å²) in [5.74, 6) is -7.72. The predicted octanol–water partition coefficient (Wildman–Crippen LogP) is -0.798. The Morgan fingerprint density at radius 1 is 1.12 bits per heavy atom. The summed E-state index contributed by atoms with van der Waals surface area (Å²) in [5.41, 5.74) is -7.27. The van der Waals surface area contributed by atoms with E-state index in [1.54, 1.807) is 0 Å². The summed E-state index contributed by atoms with van der Waals surface area (Å²) >= 11 is 0. The van der Waals surface area contributed by atoms with Gasteiger partial charge < -0.3 is 35.3 Å². The van der Waals surface area contributed by atoms with E-state index in [2.05, 4.69) is 15.3 Å². The van der Waals surface area contributed by atoms with E-state index in [0.717, 1.165) is 13.2 Å². The van der Waals surface area contributed by atoms with Crippen molar-refractivity contribution in [2.24, 2.45) is 0 Å². The number of pyridine rings is 1. The van der Waals surface area contributed by atoms with Gasteiger partial charge in [-0.1, -0.05) is 0 Å². The van der Waals surface area contributed by atoms with Gasteiger partial charge in [0.25, 0.3) is 0 Å². The highest BCUT2D eigenvalue weighted by Crippen LogP contribution is 2.42. The maximum absolute atomic E-state index is 13.2. The van der Waals surface area contributed by atoms with Gasteiger partial charge in [-0.15, -0.1) is 0 Å². The lowest BCUT2D eigenvalue weighted by atomic mass is 9.83. The van der Waals surface area contributed by atoms with Crippen molar-refractivity contribution in [2.75, 3.05) is 13.7 Å². The Morgan fingerprint density at radius 2 is 1.78 bits per heavy atom. The molecular formula is C18H15N3O11. The standard InChI is InChI=1S/C18H15N3O11/c1-32-4-9(17(29)30)21-18(31)12-10(5(14(23)24)2-8(20-12)16(27)28)11-6(13(18)22)3-7(19-11)15(25)26/h2-3,9,19,21,31H,4H2,1H3,(H,23,24)(H,25,26)(H,27,28)(H,29,30). The number of methoxy groups -OCH3 is 1. The normalized spacial score (nSPS) is 17.9. The van der Waals surface area contributed by atoms with E-state index in [0.29, 0.717) is 6.07 Å². The summed E-state index contributed by atoms with van der Waals surface area (Å²) in [6.07, 6.45) is 0. The highest BCUT2D eigenvalue weighted by Gasteiger charge is 2.51. The number of H-pyrrole nitrogens is 1. The van der Waals surface area contributed by atoms with Crippen molar-refractivity contribution in [3.8, 4) is 11.3 Å². The number of aromatic amines is 1. The summed E-state index contributed by atoms with van der Waals surface area (Å²) in [5, 5.41) is 51.0. The van der Waals surface area contributed by atoms with Crippen molar-refractivity contribution in [1.29, 1.82) is 0 Å². The van der Waals surface area contributed by atoms with Crippen LogP contribution in [0.3, 0.4) is 0 Å². The molecule has 1 aliphatic rings. The minimum Gasteiger partial charge on any atom is -0.480 e. The number of carbonyl (C=O) groups is 5. The highest BCUT2D eigenvalue weighted by molar-refractivity contribution is 6.15. The third-order valence-corrected chi connectivity index (χ3v) is 4.70. The van der Waals surface area contributed by atoms with Crippen molar-refractivity contribution in [1.82, 2.24) is 15.3 Å². The first kappa shape index (κ1) is 22.5. The molecule has 0 saturated heterocycles. The maximum atomic E-state index is 13.2. The molecule has 14 nitrogen and oxygen atoms in total. The third kappa shape index (κ3) is 3.47. The molecule has 1 aliphatic carbocycles. The number of rotatable bonds is 8. The molecule has 2 aromatic rings. The fourth-order valence-corrected chi connectivity index (χ4v) is 3.31. The minimum absolute atomic E-state index is 0.339. The molecule has 2 atom stereocenters. The van der Waals surface area contributed by atoms with Gasteiger partial charge in [0, 0.05) is 18.2 Å². The van der Waals surface area contributed by atoms with Crippen molar-refractivity contribution in [3.05, 3.63) is 40.3 Å². The van der Waals surface area contributed by atoms with Crippen LogP contribution in [0, 0.1) is 0 Å². The van der Waals surface area contributed by atoms with E-state index < -0.39 is 81.8 Å². The number of carboxylic acids is 4. The Balaban J connectivity index is 2.40. The molecule has 7 N–H and O–H groups in total. The number of ether oxygens (including phenoxy) is 1. The smallest absolute Gasteiger partial charge is 0.354 e. The van der Waals surface area contributed by atoms with Crippen LogP contribution in [0.15, 0.2) is 12.1 Å². The zero-order chi connectivity index (χ0) is 24.0. The highest BCUT2D eigenvalue weighted by atomic mass is 16.5. The van der Waals surface area contributed by atoms with E-state index in [9.17, 15) is 49.5 Å². The lowest BCUT2D eigenvalue weighted by Gasteiger charge is -2.35. The first-order valence-corrected chi connectivity index (χ1v) is 8.67. The van der Waals surface area contributed by atoms with E-state index in [1.165, 1.54) is 0 Å². The topological polar surface area (TPSA) is 236 Å². The van der Waals surface area contributed by atoms with Crippen LogP contribution in [0.1, 0.15) is 47.4 Å². The molecule has 32 heavy (non-hydrogen) atoms. The molecular weight excluding hydrogens is 434 g/mol. The van der Waals surface area contributed by atoms with Gasteiger partial charge in [-0.05, 0) is 12.1 Å². The number of Topliss-reactive ketones (excluding diaryl/α,β-unsaturated/α-hetero) is 1. The largest absolute Gasteiger partial charge is 0.480 e. The van der Waals surface area contributed by atoms with Crippen LogP contribution in [-0.2, 0) is 15.3 Å². The van der Waals surface area contributed by atoms with Gasteiger partial charge in [0.05, 0.1) is 17.9 Å². The molecule has 2 aromatic heterocycles. The van der Waals surface area contributed by atoms with Gasteiger partial charge in [-0.2, -0.15) is 0 Å². The van der Waals surface area contributed by atoms with Crippen LogP contribution < -0.4 is 5.32 Å². The summed E-state index contributed by atoms with van der Waals surface area (Å²) in [6, 6.07) is -0.225. The van der Waals surface area contributed by atoms with Gasteiger partial charge in [0.15, 0.2) is 0 Å². The number of ketones is 1.